The molecular weight excluding hydrogens is 284 g/mol. The average molecular weight is 304 g/mol. The Bertz CT molecular complexity index is 813. The monoisotopic (exact) mass is 304 g/mol. The van der Waals surface area contributed by atoms with Crippen LogP contribution in [0.2, 0.25) is 0 Å². The molecule has 0 atom stereocenters. The van der Waals surface area contributed by atoms with E-state index in [0.717, 1.165) is 22.9 Å². The molecule has 0 radical (unpaired) electrons. The highest BCUT2D eigenvalue weighted by atomic mass is 15.1. The molecule has 2 aromatic carbocycles. The zero-order chi connectivity index (χ0) is 16.2. The summed E-state index contributed by atoms with van der Waals surface area (Å²) in [4.78, 5) is 9.01. The SMILES string of the molecule is Cc1cc(Nc2cccc(C)c2C)nc(Nc2ccccc2)n1. The number of aromatic nitrogens is 2. The minimum absolute atomic E-state index is 0.587. The van der Waals surface area contributed by atoms with Crippen LogP contribution in [-0.2, 0) is 0 Å². The largest absolute Gasteiger partial charge is 0.340 e. The lowest BCUT2D eigenvalue weighted by Gasteiger charge is -2.12. The lowest BCUT2D eigenvalue weighted by molar-refractivity contribution is 1.11. The molecule has 1 heterocycles. The highest BCUT2D eigenvalue weighted by molar-refractivity contribution is 5.63. The lowest BCUT2D eigenvalue weighted by atomic mass is 10.1. The van der Waals surface area contributed by atoms with Gasteiger partial charge < -0.3 is 10.6 Å². The summed E-state index contributed by atoms with van der Waals surface area (Å²) in [6.45, 7) is 6.18. The lowest BCUT2D eigenvalue weighted by Crippen LogP contribution is -2.03. The van der Waals surface area contributed by atoms with E-state index in [9.17, 15) is 0 Å². The van der Waals surface area contributed by atoms with Crippen LogP contribution in [0.4, 0.5) is 23.1 Å². The van der Waals surface area contributed by atoms with Crippen LogP contribution in [0.5, 0.6) is 0 Å². The summed E-state index contributed by atoms with van der Waals surface area (Å²) >= 11 is 0. The molecule has 4 nitrogen and oxygen atoms in total. The van der Waals surface area contributed by atoms with Gasteiger partial charge in [0.05, 0.1) is 0 Å². The molecule has 0 bridgehead atoms. The summed E-state index contributed by atoms with van der Waals surface area (Å²) in [7, 11) is 0. The third-order valence-corrected chi connectivity index (χ3v) is 3.75. The Morgan fingerprint density at radius 3 is 2.35 bits per heavy atom. The highest BCUT2D eigenvalue weighted by Crippen LogP contribution is 2.23. The smallest absolute Gasteiger partial charge is 0.229 e. The van der Waals surface area contributed by atoms with Gasteiger partial charge in [-0.2, -0.15) is 4.98 Å². The van der Waals surface area contributed by atoms with E-state index in [-0.39, 0.29) is 0 Å². The van der Waals surface area contributed by atoms with Gasteiger partial charge in [-0.05, 0) is 50.1 Å². The molecule has 0 aliphatic rings. The van der Waals surface area contributed by atoms with Gasteiger partial charge in [-0.3, -0.25) is 0 Å². The zero-order valence-corrected chi connectivity index (χ0v) is 13.6. The van der Waals surface area contributed by atoms with Crippen LogP contribution in [-0.4, -0.2) is 9.97 Å². The van der Waals surface area contributed by atoms with Crippen molar-refractivity contribution in [1.82, 2.24) is 9.97 Å². The number of rotatable bonds is 4. The second kappa shape index (κ2) is 6.48. The molecule has 0 aliphatic carbocycles. The van der Waals surface area contributed by atoms with Crippen molar-refractivity contribution in [2.75, 3.05) is 10.6 Å². The van der Waals surface area contributed by atoms with Gasteiger partial charge in [0.25, 0.3) is 0 Å². The summed E-state index contributed by atoms with van der Waals surface area (Å²) in [6.07, 6.45) is 0. The van der Waals surface area contributed by atoms with Gasteiger partial charge in [0, 0.05) is 23.1 Å². The van der Waals surface area contributed by atoms with E-state index in [1.165, 1.54) is 11.1 Å². The van der Waals surface area contributed by atoms with Crippen molar-refractivity contribution in [1.29, 1.82) is 0 Å². The Morgan fingerprint density at radius 1 is 0.783 bits per heavy atom. The number of anilines is 4. The van der Waals surface area contributed by atoms with E-state index in [1.807, 2.05) is 49.4 Å². The molecule has 0 spiro atoms. The molecule has 4 heteroatoms. The number of hydrogen-bond acceptors (Lipinski definition) is 4. The van der Waals surface area contributed by atoms with Crippen molar-refractivity contribution in [3.8, 4) is 0 Å². The maximum Gasteiger partial charge on any atom is 0.229 e. The van der Waals surface area contributed by atoms with E-state index in [2.05, 4.69) is 46.6 Å². The molecule has 0 fully saturated rings. The van der Waals surface area contributed by atoms with Crippen LogP contribution in [0.15, 0.2) is 54.6 Å². The summed E-state index contributed by atoms with van der Waals surface area (Å²) in [5.74, 6) is 1.37. The zero-order valence-electron chi connectivity index (χ0n) is 13.6. The average Bonchev–Trinajstić information content (AvgIpc) is 2.52. The predicted octanol–water partition coefficient (Wildman–Crippen LogP) is 4.89. The molecule has 0 unspecified atom stereocenters. The molecule has 3 rings (SSSR count). The predicted molar refractivity (Wildman–Crippen MR) is 95.7 cm³/mol. The number of para-hydroxylation sites is 1. The first-order valence-electron chi connectivity index (χ1n) is 7.63. The minimum atomic E-state index is 0.587. The van der Waals surface area contributed by atoms with Crippen LogP contribution < -0.4 is 10.6 Å². The van der Waals surface area contributed by atoms with Gasteiger partial charge in [0.1, 0.15) is 5.82 Å². The normalized spacial score (nSPS) is 10.4. The number of nitrogens with zero attached hydrogens (tertiary/aromatic N) is 2. The number of hydrogen-bond donors (Lipinski definition) is 2. The third-order valence-electron chi connectivity index (χ3n) is 3.75. The fourth-order valence-corrected chi connectivity index (χ4v) is 2.36. The summed E-state index contributed by atoms with van der Waals surface area (Å²) in [6, 6.07) is 18.1. The minimum Gasteiger partial charge on any atom is -0.340 e. The maximum absolute atomic E-state index is 4.56. The van der Waals surface area contributed by atoms with Gasteiger partial charge in [-0.25, -0.2) is 4.98 Å². The summed E-state index contributed by atoms with van der Waals surface area (Å²) in [5.41, 5.74) is 5.42. The summed E-state index contributed by atoms with van der Waals surface area (Å²) < 4.78 is 0. The van der Waals surface area contributed by atoms with E-state index < -0.39 is 0 Å². The molecule has 1 aromatic heterocycles. The molecule has 0 saturated heterocycles. The first-order valence-corrected chi connectivity index (χ1v) is 7.63. The van der Waals surface area contributed by atoms with Gasteiger partial charge in [-0.1, -0.05) is 30.3 Å². The molecular formula is C19H20N4. The van der Waals surface area contributed by atoms with Gasteiger partial charge >= 0.3 is 0 Å². The number of aryl methyl sites for hydroxylation is 2. The van der Waals surface area contributed by atoms with Crippen LogP contribution in [0, 0.1) is 20.8 Å². The van der Waals surface area contributed by atoms with E-state index in [0.29, 0.717) is 5.95 Å². The Morgan fingerprint density at radius 2 is 1.57 bits per heavy atom. The second-order valence-corrected chi connectivity index (χ2v) is 5.58. The Labute approximate surface area is 136 Å². The van der Waals surface area contributed by atoms with Crippen LogP contribution >= 0.6 is 0 Å². The Balaban J connectivity index is 1.87. The summed E-state index contributed by atoms with van der Waals surface area (Å²) in [5, 5.41) is 6.62. The molecule has 23 heavy (non-hydrogen) atoms. The molecule has 3 aromatic rings. The Kier molecular flexibility index (Phi) is 4.24. The first-order chi connectivity index (χ1) is 11.1. The van der Waals surface area contributed by atoms with Gasteiger partial charge in [-0.15, -0.1) is 0 Å². The van der Waals surface area contributed by atoms with Crippen molar-refractivity contribution in [3.05, 3.63) is 71.4 Å². The molecule has 2 N–H and O–H groups in total. The van der Waals surface area contributed by atoms with Gasteiger partial charge in [0.2, 0.25) is 5.95 Å². The van der Waals surface area contributed by atoms with Crippen molar-refractivity contribution in [2.45, 2.75) is 20.8 Å². The third kappa shape index (κ3) is 3.66. The van der Waals surface area contributed by atoms with Crippen molar-refractivity contribution < 1.29 is 0 Å². The van der Waals surface area contributed by atoms with Crippen molar-refractivity contribution >= 4 is 23.1 Å². The van der Waals surface area contributed by atoms with Crippen LogP contribution in [0.25, 0.3) is 0 Å². The fraction of sp³-hybridized carbons (Fsp3) is 0.158. The van der Waals surface area contributed by atoms with Gasteiger partial charge in [0.15, 0.2) is 0 Å². The van der Waals surface area contributed by atoms with E-state index in [4.69, 9.17) is 0 Å². The van der Waals surface area contributed by atoms with Crippen LogP contribution in [0.3, 0.4) is 0 Å². The van der Waals surface area contributed by atoms with Crippen LogP contribution in [0.1, 0.15) is 16.8 Å². The fourth-order valence-electron chi connectivity index (χ4n) is 2.36. The topological polar surface area (TPSA) is 49.8 Å². The maximum atomic E-state index is 4.56. The van der Waals surface area contributed by atoms with Crippen molar-refractivity contribution in [2.24, 2.45) is 0 Å². The number of benzene rings is 2. The Hall–Kier alpha value is -2.88. The molecule has 116 valence electrons. The molecule has 0 amide bonds. The van der Waals surface area contributed by atoms with Crippen molar-refractivity contribution in [3.63, 3.8) is 0 Å². The van der Waals surface area contributed by atoms with E-state index in [1.54, 1.807) is 0 Å². The second-order valence-electron chi connectivity index (χ2n) is 5.58. The van der Waals surface area contributed by atoms with E-state index >= 15 is 0 Å². The first kappa shape index (κ1) is 15.0. The quantitative estimate of drug-likeness (QED) is 0.720. The molecule has 0 aliphatic heterocycles. The standard InChI is InChI=1S/C19H20N4/c1-13-8-7-11-17(15(13)3)22-18-12-14(2)20-19(23-18)21-16-9-5-4-6-10-16/h4-12H,1-3H3,(H2,20,21,22,23). The number of nitrogens with one attached hydrogen (secondary N) is 2. The highest BCUT2D eigenvalue weighted by Gasteiger charge is 2.06. The molecule has 0 saturated carbocycles.